The van der Waals surface area contributed by atoms with Gasteiger partial charge in [0.2, 0.25) is 0 Å². The highest BCUT2D eigenvalue weighted by molar-refractivity contribution is 6.08. The van der Waals surface area contributed by atoms with Gasteiger partial charge in [-0.2, -0.15) is 0 Å². The third kappa shape index (κ3) is 4.61. The maximum Gasteiger partial charge on any atom is 0.0503 e. The predicted octanol–water partition coefficient (Wildman–Crippen LogP) is 7.00. The SMILES string of the molecule is CCCn1c2cc(C#CC(C)(C)C)ccc2c2ccc(C#CC(C)(C)C)cc21. The molecule has 0 amide bonds. The molecule has 3 rings (SSSR count). The minimum absolute atomic E-state index is 0.00566. The molecular weight excluding hydrogens is 338 g/mol. The van der Waals surface area contributed by atoms with Gasteiger partial charge in [-0.25, -0.2) is 0 Å². The quantitative estimate of drug-likeness (QED) is 0.429. The zero-order chi connectivity index (χ0) is 20.5. The summed E-state index contributed by atoms with van der Waals surface area (Å²) in [4.78, 5) is 0. The summed E-state index contributed by atoms with van der Waals surface area (Å²) >= 11 is 0. The number of aromatic nitrogens is 1. The van der Waals surface area contributed by atoms with Gasteiger partial charge in [0, 0.05) is 39.3 Å². The minimum atomic E-state index is 0.00566. The van der Waals surface area contributed by atoms with Crippen LogP contribution in [-0.4, -0.2) is 4.57 Å². The Balaban J connectivity index is 2.20. The molecule has 0 unspecified atom stereocenters. The van der Waals surface area contributed by atoms with Crippen LogP contribution in [0.25, 0.3) is 21.8 Å². The van der Waals surface area contributed by atoms with Crippen LogP contribution >= 0.6 is 0 Å². The minimum Gasteiger partial charge on any atom is -0.340 e. The molecule has 0 aliphatic rings. The molecule has 1 heteroatoms. The first-order valence-electron chi connectivity index (χ1n) is 10.2. The van der Waals surface area contributed by atoms with Gasteiger partial charge in [0.15, 0.2) is 0 Å². The summed E-state index contributed by atoms with van der Waals surface area (Å²) in [7, 11) is 0. The molecule has 0 bridgehead atoms. The average Bonchev–Trinajstić information content (AvgIpc) is 2.90. The summed E-state index contributed by atoms with van der Waals surface area (Å²) in [5, 5.41) is 2.58. The van der Waals surface area contributed by atoms with Crippen LogP contribution in [0, 0.1) is 34.5 Å². The normalized spacial score (nSPS) is 11.8. The Bertz CT molecular complexity index is 1050. The van der Waals surface area contributed by atoms with Gasteiger partial charge in [-0.1, -0.05) is 42.7 Å². The summed E-state index contributed by atoms with van der Waals surface area (Å²) in [5.41, 5.74) is 4.69. The average molecular weight is 370 g/mol. The Labute approximate surface area is 170 Å². The lowest BCUT2D eigenvalue weighted by Crippen LogP contribution is -1.99. The number of aryl methyl sites for hydroxylation is 1. The Morgan fingerprint density at radius 3 is 1.50 bits per heavy atom. The van der Waals surface area contributed by atoms with Gasteiger partial charge in [0.05, 0.1) is 11.0 Å². The fraction of sp³-hybridized carbons (Fsp3) is 0.407. The number of rotatable bonds is 2. The van der Waals surface area contributed by atoms with Crippen LogP contribution in [0.4, 0.5) is 0 Å². The summed E-state index contributed by atoms with van der Waals surface area (Å²) in [6.45, 7) is 16.1. The first-order chi connectivity index (χ1) is 13.1. The Morgan fingerprint density at radius 1 is 0.714 bits per heavy atom. The molecule has 0 atom stereocenters. The van der Waals surface area contributed by atoms with Crippen molar-refractivity contribution >= 4 is 21.8 Å². The maximum absolute atomic E-state index is 3.35. The van der Waals surface area contributed by atoms with Crippen molar-refractivity contribution in [3.63, 3.8) is 0 Å². The lowest BCUT2D eigenvalue weighted by molar-refractivity contribution is 0.570. The first-order valence-corrected chi connectivity index (χ1v) is 10.2. The molecule has 0 spiro atoms. The van der Waals surface area contributed by atoms with E-state index in [1.165, 1.54) is 21.8 Å². The third-order valence-electron chi connectivity index (χ3n) is 4.48. The van der Waals surface area contributed by atoms with Crippen LogP contribution in [0.3, 0.4) is 0 Å². The number of benzene rings is 2. The van der Waals surface area contributed by atoms with Gasteiger partial charge >= 0.3 is 0 Å². The van der Waals surface area contributed by atoms with Crippen LogP contribution in [0.2, 0.25) is 0 Å². The standard InChI is InChI=1S/C27H31N/c1-8-17-28-24-18-20(13-15-26(2,3)4)9-11-22(24)23-12-10-21(19-25(23)28)14-16-27(5,6)7/h9-12,18-19H,8,17H2,1-7H3. The molecule has 3 aromatic rings. The zero-order valence-electron chi connectivity index (χ0n) is 18.3. The van der Waals surface area contributed by atoms with Gasteiger partial charge in [0.25, 0.3) is 0 Å². The van der Waals surface area contributed by atoms with Crippen molar-refractivity contribution in [1.29, 1.82) is 0 Å². The van der Waals surface area contributed by atoms with Gasteiger partial charge in [-0.05, 0) is 72.2 Å². The van der Waals surface area contributed by atoms with E-state index in [-0.39, 0.29) is 10.8 Å². The summed E-state index contributed by atoms with van der Waals surface area (Å²) < 4.78 is 2.43. The second-order valence-corrected chi connectivity index (χ2v) is 9.62. The zero-order valence-corrected chi connectivity index (χ0v) is 18.3. The molecule has 0 fully saturated rings. The first kappa shape index (κ1) is 20.1. The lowest BCUT2D eigenvalue weighted by Gasteiger charge is -2.08. The van der Waals surface area contributed by atoms with Gasteiger partial charge in [-0.15, -0.1) is 0 Å². The predicted molar refractivity (Wildman–Crippen MR) is 122 cm³/mol. The molecule has 0 radical (unpaired) electrons. The van der Waals surface area contributed by atoms with Crippen molar-refractivity contribution in [3.05, 3.63) is 47.5 Å². The van der Waals surface area contributed by atoms with E-state index in [9.17, 15) is 0 Å². The summed E-state index contributed by atoms with van der Waals surface area (Å²) in [6, 6.07) is 13.2. The van der Waals surface area contributed by atoms with E-state index in [0.29, 0.717) is 0 Å². The molecule has 1 aromatic heterocycles. The molecule has 0 aliphatic carbocycles. The van der Waals surface area contributed by atoms with Crippen LogP contribution in [-0.2, 0) is 6.54 Å². The van der Waals surface area contributed by atoms with E-state index >= 15 is 0 Å². The highest BCUT2D eigenvalue weighted by atomic mass is 15.0. The Hall–Kier alpha value is -2.64. The largest absolute Gasteiger partial charge is 0.340 e. The number of fused-ring (bicyclic) bond motifs is 3. The van der Waals surface area contributed by atoms with Crippen LogP contribution < -0.4 is 0 Å². The Morgan fingerprint density at radius 2 is 1.14 bits per heavy atom. The molecule has 1 heterocycles. The van der Waals surface area contributed by atoms with E-state index < -0.39 is 0 Å². The van der Waals surface area contributed by atoms with Crippen molar-refractivity contribution < 1.29 is 0 Å². The smallest absolute Gasteiger partial charge is 0.0503 e. The molecule has 0 saturated carbocycles. The van der Waals surface area contributed by atoms with Crippen molar-refractivity contribution in [2.45, 2.75) is 61.4 Å². The number of nitrogens with zero attached hydrogens (tertiary/aromatic N) is 1. The van der Waals surface area contributed by atoms with Crippen molar-refractivity contribution in [3.8, 4) is 23.7 Å². The fourth-order valence-corrected chi connectivity index (χ4v) is 3.23. The second kappa shape index (κ2) is 7.41. The Kier molecular flexibility index (Phi) is 5.32. The van der Waals surface area contributed by atoms with E-state index in [1.807, 2.05) is 0 Å². The molecule has 0 N–H and O–H groups in total. The van der Waals surface area contributed by atoms with E-state index in [2.05, 4.69) is 113 Å². The van der Waals surface area contributed by atoms with E-state index in [4.69, 9.17) is 0 Å². The lowest BCUT2D eigenvalue weighted by atomic mass is 9.97. The topological polar surface area (TPSA) is 4.93 Å². The van der Waals surface area contributed by atoms with E-state index in [0.717, 1.165) is 24.1 Å². The number of hydrogen-bond donors (Lipinski definition) is 0. The molecule has 144 valence electrons. The van der Waals surface area contributed by atoms with Gasteiger partial charge in [-0.3, -0.25) is 0 Å². The van der Waals surface area contributed by atoms with Crippen LogP contribution in [0.5, 0.6) is 0 Å². The highest BCUT2D eigenvalue weighted by Crippen LogP contribution is 2.31. The van der Waals surface area contributed by atoms with Crippen LogP contribution in [0.15, 0.2) is 36.4 Å². The van der Waals surface area contributed by atoms with Crippen molar-refractivity contribution in [2.75, 3.05) is 0 Å². The second-order valence-electron chi connectivity index (χ2n) is 9.62. The van der Waals surface area contributed by atoms with Crippen LogP contribution in [0.1, 0.15) is 66.0 Å². The van der Waals surface area contributed by atoms with E-state index in [1.54, 1.807) is 0 Å². The molecule has 0 aliphatic heterocycles. The van der Waals surface area contributed by atoms with Gasteiger partial charge in [0.1, 0.15) is 0 Å². The molecule has 28 heavy (non-hydrogen) atoms. The summed E-state index contributed by atoms with van der Waals surface area (Å²) in [5.74, 6) is 13.4. The van der Waals surface area contributed by atoms with Crippen molar-refractivity contribution in [2.24, 2.45) is 10.8 Å². The van der Waals surface area contributed by atoms with Gasteiger partial charge < -0.3 is 4.57 Å². The molecule has 1 nitrogen and oxygen atoms in total. The highest BCUT2D eigenvalue weighted by Gasteiger charge is 2.12. The number of hydrogen-bond acceptors (Lipinski definition) is 0. The third-order valence-corrected chi connectivity index (χ3v) is 4.48. The summed E-state index contributed by atoms with van der Waals surface area (Å²) in [6.07, 6.45) is 1.09. The molecule has 2 aromatic carbocycles. The van der Waals surface area contributed by atoms with Crippen molar-refractivity contribution in [1.82, 2.24) is 4.57 Å². The fourth-order valence-electron chi connectivity index (χ4n) is 3.23. The molecular formula is C27H31N. The maximum atomic E-state index is 3.35. The monoisotopic (exact) mass is 369 g/mol. The molecule has 0 saturated heterocycles.